The Morgan fingerprint density at radius 2 is 2.29 bits per heavy atom. The molecule has 0 amide bonds. The highest BCUT2D eigenvalue weighted by atomic mass is 16.3. The standard InChI is InChI=1S/C10H19N3O/c1-8(7-14)4-11-9(2)10-5-12-13(3)6-10/h5-6,8-9,11,14H,4,7H2,1-3H3. The smallest absolute Gasteiger partial charge is 0.0537 e. The summed E-state index contributed by atoms with van der Waals surface area (Å²) in [6, 6.07) is 0.290. The lowest BCUT2D eigenvalue weighted by atomic mass is 10.1. The van der Waals surface area contributed by atoms with Crippen LogP contribution in [0.3, 0.4) is 0 Å². The van der Waals surface area contributed by atoms with E-state index in [1.807, 2.05) is 26.4 Å². The molecule has 2 unspecified atom stereocenters. The minimum absolute atomic E-state index is 0.229. The molecule has 0 spiro atoms. The lowest BCUT2D eigenvalue weighted by molar-refractivity contribution is 0.231. The van der Waals surface area contributed by atoms with E-state index in [1.54, 1.807) is 4.68 Å². The predicted octanol–water partition coefficient (Wildman–Crippen LogP) is 0.699. The molecule has 1 heterocycles. The maximum Gasteiger partial charge on any atom is 0.0537 e. The van der Waals surface area contributed by atoms with Crippen LogP contribution in [0.5, 0.6) is 0 Å². The van der Waals surface area contributed by atoms with Crippen LogP contribution in [0.2, 0.25) is 0 Å². The first-order valence-electron chi connectivity index (χ1n) is 4.96. The first kappa shape index (κ1) is 11.2. The van der Waals surface area contributed by atoms with Crippen LogP contribution in [-0.2, 0) is 7.05 Å². The highest BCUT2D eigenvalue weighted by Gasteiger charge is 2.08. The number of aromatic nitrogens is 2. The van der Waals surface area contributed by atoms with Gasteiger partial charge < -0.3 is 10.4 Å². The van der Waals surface area contributed by atoms with Gasteiger partial charge in [0.1, 0.15) is 0 Å². The number of aliphatic hydroxyl groups excluding tert-OH is 1. The number of hydrogen-bond acceptors (Lipinski definition) is 3. The highest BCUT2D eigenvalue weighted by Crippen LogP contribution is 2.10. The van der Waals surface area contributed by atoms with Gasteiger partial charge in [0.05, 0.1) is 6.20 Å². The molecule has 1 aromatic rings. The van der Waals surface area contributed by atoms with Crippen LogP contribution >= 0.6 is 0 Å². The third kappa shape index (κ3) is 3.12. The van der Waals surface area contributed by atoms with Crippen LogP contribution in [-0.4, -0.2) is 28.0 Å². The van der Waals surface area contributed by atoms with Crippen molar-refractivity contribution in [2.75, 3.05) is 13.2 Å². The molecule has 0 aromatic carbocycles. The van der Waals surface area contributed by atoms with Gasteiger partial charge in [0.25, 0.3) is 0 Å². The fourth-order valence-electron chi connectivity index (χ4n) is 1.22. The molecule has 1 rings (SSSR count). The second-order valence-corrected chi connectivity index (χ2v) is 3.87. The van der Waals surface area contributed by atoms with E-state index in [4.69, 9.17) is 5.11 Å². The molecular formula is C10H19N3O. The summed E-state index contributed by atoms with van der Waals surface area (Å²) in [6.45, 7) is 5.17. The average molecular weight is 197 g/mol. The van der Waals surface area contributed by atoms with Gasteiger partial charge in [0, 0.05) is 38.0 Å². The van der Waals surface area contributed by atoms with Gasteiger partial charge >= 0.3 is 0 Å². The molecule has 0 aliphatic rings. The van der Waals surface area contributed by atoms with E-state index in [0.29, 0.717) is 5.92 Å². The van der Waals surface area contributed by atoms with E-state index < -0.39 is 0 Å². The Morgan fingerprint density at radius 3 is 2.79 bits per heavy atom. The van der Waals surface area contributed by atoms with Crippen molar-refractivity contribution in [1.29, 1.82) is 0 Å². The number of hydrogen-bond donors (Lipinski definition) is 2. The van der Waals surface area contributed by atoms with Crippen LogP contribution in [0, 0.1) is 5.92 Å². The molecule has 0 radical (unpaired) electrons. The molecule has 0 aliphatic heterocycles. The van der Waals surface area contributed by atoms with E-state index in [-0.39, 0.29) is 12.6 Å². The molecule has 80 valence electrons. The Morgan fingerprint density at radius 1 is 1.57 bits per heavy atom. The minimum atomic E-state index is 0.229. The first-order chi connectivity index (χ1) is 6.63. The van der Waals surface area contributed by atoms with E-state index in [2.05, 4.69) is 17.3 Å². The summed E-state index contributed by atoms with van der Waals surface area (Å²) >= 11 is 0. The zero-order valence-electron chi connectivity index (χ0n) is 9.07. The summed E-state index contributed by atoms with van der Waals surface area (Å²) in [7, 11) is 1.91. The Labute approximate surface area is 84.9 Å². The second-order valence-electron chi connectivity index (χ2n) is 3.87. The number of nitrogens with one attached hydrogen (secondary N) is 1. The summed E-state index contributed by atoms with van der Waals surface area (Å²) in [6.07, 6.45) is 3.86. The SMILES string of the molecule is CC(CO)CNC(C)c1cnn(C)c1. The van der Waals surface area contributed by atoms with Crippen LogP contribution < -0.4 is 5.32 Å². The normalized spacial score (nSPS) is 15.4. The average Bonchev–Trinajstić information content (AvgIpc) is 2.60. The third-order valence-electron chi connectivity index (χ3n) is 2.31. The lowest BCUT2D eigenvalue weighted by Crippen LogP contribution is -2.25. The van der Waals surface area contributed by atoms with Gasteiger partial charge in [-0.05, 0) is 12.8 Å². The summed E-state index contributed by atoms with van der Waals surface area (Å²) in [5.41, 5.74) is 1.18. The van der Waals surface area contributed by atoms with E-state index in [9.17, 15) is 0 Å². The van der Waals surface area contributed by atoms with Crippen LogP contribution in [0.1, 0.15) is 25.5 Å². The topological polar surface area (TPSA) is 50.1 Å². The van der Waals surface area contributed by atoms with Crippen LogP contribution in [0.15, 0.2) is 12.4 Å². The Kier molecular flexibility index (Phi) is 4.10. The fourth-order valence-corrected chi connectivity index (χ4v) is 1.22. The summed E-state index contributed by atoms with van der Waals surface area (Å²) in [5.74, 6) is 0.300. The zero-order chi connectivity index (χ0) is 10.6. The predicted molar refractivity (Wildman–Crippen MR) is 55.9 cm³/mol. The molecule has 0 aliphatic carbocycles. The largest absolute Gasteiger partial charge is 0.396 e. The summed E-state index contributed by atoms with van der Waals surface area (Å²) in [4.78, 5) is 0. The van der Waals surface area contributed by atoms with Gasteiger partial charge in [-0.3, -0.25) is 4.68 Å². The molecule has 0 saturated heterocycles. The van der Waals surface area contributed by atoms with Crippen molar-refractivity contribution < 1.29 is 5.11 Å². The molecule has 0 fully saturated rings. The van der Waals surface area contributed by atoms with Crippen molar-refractivity contribution in [3.63, 3.8) is 0 Å². The molecule has 4 nitrogen and oxygen atoms in total. The van der Waals surface area contributed by atoms with Gasteiger partial charge in [-0.15, -0.1) is 0 Å². The second kappa shape index (κ2) is 5.12. The summed E-state index contributed by atoms with van der Waals surface area (Å²) in [5, 5.41) is 16.3. The Bertz CT molecular complexity index is 272. The number of aliphatic hydroxyl groups is 1. The van der Waals surface area contributed by atoms with Gasteiger partial charge in [-0.25, -0.2) is 0 Å². The molecule has 2 atom stereocenters. The zero-order valence-corrected chi connectivity index (χ0v) is 9.07. The van der Waals surface area contributed by atoms with Gasteiger partial charge in [0.2, 0.25) is 0 Å². The fraction of sp³-hybridized carbons (Fsp3) is 0.700. The highest BCUT2D eigenvalue weighted by molar-refractivity contribution is 5.08. The van der Waals surface area contributed by atoms with Crippen molar-refractivity contribution >= 4 is 0 Å². The van der Waals surface area contributed by atoms with Crippen LogP contribution in [0.25, 0.3) is 0 Å². The number of nitrogens with zero attached hydrogens (tertiary/aromatic N) is 2. The summed E-state index contributed by atoms with van der Waals surface area (Å²) < 4.78 is 1.79. The van der Waals surface area contributed by atoms with Crippen molar-refractivity contribution in [1.82, 2.24) is 15.1 Å². The number of aryl methyl sites for hydroxylation is 1. The van der Waals surface area contributed by atoms with Crippen molar-refractivity contribution in [3.8, 4) is 0 Å². The van der Waals surface area contributed by atoms with E-state index in [0.717, 1.165) is 6.54 Å². The molecule has 0 saturated carbocycles. The Hall–Kier alpha value is -0.870. The van der Waals surface area contributed by atoms with Crippen molar-refractivity contribution in [2.45, 2.75) is 19.9 Å². The molecule has 2 N–H and O–H groups in total. The quantitative estimate of drug-likeness (QED) is 0.730. The van der Waals surface area contributed by atoms with Gasteiger partial charge in [-0.1, -0.05) is 6.92 Å². The minimum Gasteiger partial charge on any atom is -0.396 e. The first-order valence-corrected chi connectivity index (χ1v) is 4.96. The maximum absolute atomic E-state index is 8.87. The van der Waals surface area contributed by atoms with E-state index >= 15 is 0 Å². The molecular weight excluding hydrogens is 178 g/mol. The molecule has 4 heteroatoms. The molecule has 0 bridgehead atoms. The molecule has 1 aromatic heterocycles. The van der Waals surface area contributed by atoms with Crippen molar-refractivity contribution in [3.05, 3.63) is 18.0 Å². The monoisotopic (exact) mass is 197 g/mol. The third-order valence-corrected chi connectivity index (χ3v) is 2.31. The maximum atomic E-state index is 8.87. The number of rotatable bonds is 5. The van der Waals surface area contributed by atoms with Gasteiger partial charge in [-0.2, -0.15) is 5.10 Å². The lowest BCUT2D eigenvalue weighted by Gasteiger charge is -2.14. The van der Waals surface area contributed by atoms with E-state index in [1.165, 1.54) is 5.56 Å². The Balaban J connectivity index is 2.39. The van der Waals surface area contributed by atoms with Crippen molar-refractivity contribution in [2.24, 2.45) is 13.0 Å². The molecule has 14 heavy (non-hydrogen) atoms. The van der Waals surface area contributed by atoms with Gasteiger partial charge in [0.15, 0.2) is 0 Å². The van der Waals surface area contributed by atoms with Crippen LogP contribution in [0.4, 0.5) is 0 Å².